The van der Waals surface area contributed by atoms with Gasteiger partial charge < -0.3 is 29.6 Å². The zero-order chi connectivity index (χ0) is 30.6. The molecule has 1 aromatic heterocycles. The number of carbonyl (C=O) groups excluding carboxylic acids is 2. The highest BCUT2D eigenvalue weighted by atomic mass is 31.2. The van der Waals surface area contributed by atoms with Crippen molar-refractivity contribution in [1.82, 2.24) is 19.7 Å². The van der Waals surface area contributed by atoms with Gasteiger partial charge in [-0.3, -0.25) is 18.7 Å². The number of nitrogen functional groups attached to an aromatic ring is 1. The smallest absolute Gasteiger partial charge is 0.351 e. The lowest BCUT2D eigenvalue weighted by atomic mass is 9.97. The van der Waals surface area contributed by atoms with Crippen molar-refractivity contribution in [3.05, 3.63) is 22.7 Å². The van der Waals surface area contributed by atoms with Crippen LogP contribution < -0.4 is 21.6 Å². The Hall–Kier alpha value is -2.56. The average Bonchev–Trinajstić information content (AvgIpc) is 3.08. The van der Waals surface area contributed by atoms with E-state index in [2.05, 4.69) is 15.2 Å². The summed E-state index contributed by atoms with van der Waals surface area (Å²) in [6.07, 6.45) is -11.0. The first kappa shape index (κ1) is 33.6. The largest absolute Gasteiger partial charge is 0.462 e. The summed E-state index contributed by atoms with van der Waals surface area (Å²) in [4.78, 5) is 40.2. The summed E-state index contributed by atoms with van der Waals surface area (Å²) < 4.78 is 78.6. The fourth-order valence-electron chi connectivity index (χ4n) is 3.57. The Bertz CT molecular complexity index is 1120. The van der Waals surface area contributed by atoms with E-state index in [0.717, 1.165) is 12.3 Å². The standard InChI is InChI=1S/C22H35F3N5O9P/c1-10(2)37-18(32)12(5)28-40(35,29-13(6)19(33)38-11(3)4)36-9-22(20(24)25)16(31)15(23)17(39-22)30-8-7-14(26)27-21(30)34/h7-8,10-13,15-17,20,31H,9H2,1-6H3,(H2,26,27,34)(H2,28,29,35)/t12-,13-,15+,16-,17+,22+/m0/s1. The number of anilines is 1. The number of nitrogens with one attached hydrogen (secondary N) is 2. The van der Waals surface area contributed by atoms with Crippen molar-refractivity contribution in [3.63, 3.8) is 0 Å². The summed E-state index contributed by atoms with van der Waals surface area (Å²) in [6.45, 7) is 7.27. The van der Waals surface area contributed by atoms with Gasteiger partial charge in [0.15, 0.2) is 18.0 Å². The highest BCUT2D eigenvalue weighted by molar-refractivity contribution is 7.54. The molecule has 0 radical (unpaired) electrons. The summed E-state index contributed by atoms with van der Waals surface area (Å²) >= 11 is 0. The highest BCUT2D eigenvalue weighted by Gasteiger charge is 2.62. The van der Waals surface area contributed by atoms with Crippen LogP contribution in [0.3, 0.4) is 0 Å². The molecule has 2 heterocycles. The molecule has 6 atom stereocenters. The van der Waals surface area contributed by atoms with Crippen molar-refractivity contribution >= 4 is 25.4 Å². The predicted molar refractivity (Wildman–Crippen MR) is 134 cm³/mol. The number of aromatic nitrogens is 2. The van der Waals surface area contributed by atoms with Crippen LogP contribution >= 0.6 is 7.67 Å². The van der Waals surface area contributed by atoms with Crippen molar-refractivity contribution in [1.29, 1.82) is 0 Å². The predicted octanol–water partition coefficient (Wildman–Crippen LogP) is 1.04. The van der Waals surface area contributed by atoms with E-state index in [1.54, 1.807) is 27.7 Å². The summed E-state index contributed by atoms with van der Waals surface area (Å²) in [5.41, 5.74) is 1.11. The maximum atomic E-state index is 15.1. The van der Waals surface area contributed by atoms with E-state index in [-0.39, 0.29) is 5.82 Å². The molecule has 1 aliphatic rings. The Labute approximate surface area is 228 Å². The van der Waals surface area contributed by atoms with E-state index >= 15 is 4.39 Å². The minimum absolute atomic E-state index is 0.230. The number of hydrogen-bond donors (Lipinski definition) is 4. The van der Waals surface area contributed by atoms with E-state index in [0.29, 0.717) is 4.57 Å². The highest BCUT2D eigenvalue weighted by Crippen LogP contribution is 2.47. The molecule has 18 heteroatoms. The van der Waals surface area contributed by atoms with E-state index in [9.17, 15) is 32.8 Å². The van der Waals surface area contributed by atoms with Crippen LogP contribution in [0.4, 0.5) is 19.0 Å². The average molecular weight is 602 g/mol. The van der Waals surface area contributed by atoms with Gasteiger partial charge in [-0.05, 0) is 47.6 Å². The van der Waals surface area contributed by atoms with Crippen molar-refractivity contribution in [3.8, 4) is 0 Å². The quantitative estimate of drug-likeness (QED) is 0.185. The number of aliphatic hydroxyl groups excluding tert-OH is 1. The molecule has 0 spiro atoms. The van der Waals surface area contributed by atoms with Crippen LogP contribution in [0, 0.1) is 0 Å². The van der Waals surface area contributed by atoms with Crippen molar-refractivity contribution < 1.29 is 51.2 Å². The maximum Gasteiger partial charge on any atom is 0.351 e. The van der Waals surface area contributed by atoms with Gasteiger partial charge >= 0.3 is 25.3 Å². The van der Waals surface area contributed by atoms with Crippen LogP contribution in [-0.2, 0) is 32.9 Å². The van der Waals surface area contributed by atoms with Crippen molar-refractivity contribution in [2.75, 3.05) is 12.3 Å². The Kier molecular flexibility index (Phi) is 11.3. The van der Waals surface area contributed by atoms with Crippen molar-refractivity contribution in [2.45, 2.75) is 96.4 Å². The molecular weight excluding hydrogens is 566 g/mol. The Morgan fingerprint density at radius 3 is 2.08 bits per heavy atom. The van der Waals surface area contributed by atoms with E-state index < -0.39 is 86.7 Å². The molecule has 0 saturated carbocycles. The van der Waals surface area contributed by atoms with Gasteiger partial charge in [0.25, 0.3) is 6.43 Å². The monoisotopic (exact) mass is 601 g/mol. The summed E-state index contributed by atoms with van der Waals surface area (Å²) in [6, 6.07) is -1.63. The van der Waals surface area contributed by atoms with E-state index in [4.69, 9.17) is 24.5 Å². The third-order valence-electron chi connectivity index (χ3n) is 5.52. The van der Waals surface area contributed by atoms with Crippen LogP contribution in [0.1, 0.15) is 47.8 Å². The lowest BCUT2D eigenvalue weighted by molar-refractivity contribution is -0.192. The number of nitrogens with zero attached hydrogens (tertiary/aromatic N) is 2. The molecule has 1 aromatic rings. The fraction of sp³-hybridized carbons (Fsp3) is 0.727. The van der Waals surface area contributed by atoms with Gasteiger partial charge in [-0.15, -0.1) is 0 Å². The molecule has 0 unspecified atom stereocenters. The zero-order valence-corrected chi connectivity index (χ0v) is 23.6. The van der Waals surface area contributed by atoms with Crippen LogP contribution in [0.25, 0.3) is 0 Å². The van der Waals surface area contributed by atoms with E-state index in [1.165, 1.54) is 13.8 Å². The first-order valence-electron chi connectivity index (χ1n) is 12.3. The van der Waals surface area contributed by atoms with Gasteiger partial charge in [0.05, 0.1) is 18.8 Å². The van der Waals surface area contributed by atoms with Gasteiger partial charge in [0.2, 0.25) is 0 Å². The molecule has 0 aliphatic carbocycles. The number of rotatable bonds is 13. The number of aliphatic hydroxyl groups is 1. The molecule has 1 fully saturated rings. The molecule has 1 saturated heterocycles. The zero-order valence-electron chi connectivity index (χ0n) is 22.7. The summed E-state index contributed by atoms with van der Waals surface area (Å²) in [7, 11) is -4.66. The van der Waals surface area contributed by atoms with Gasteiger partial charge in [0.1, 0.15) is 24.0 Å². The molecule has 228 valence electrons. The summed E-state index contributed by atoms with van der Waals surface area (Å²) in [5.74, 6) is -2.01. The molecule has 40 heavy (non-hydrogen) atoms. The SMILES string of the molecule is CC(C)OC(=O)[C@H](C)NP(=O)(N[C@@H](C)C(=O)OC(C)C)OC[C@@]1(C(F)F)O[C@@H](n2ccc(N)nc2=O)[C@H](F)[C@@H]1O. The third kappa shape index (κ3) is 8.01. The van der Waals surface area contributed by atoms with Crippen LogP contribution in [-0.4, -0.2) is 81.8 Å². The second kappa shape index (κ2) is 13.4. The van der Waals surface area contributed by atoms with Crippen LogP contribution in [0.5, 0.6) is 0 Å². The summed E-state index contributed by atoms with van der Waals surface area (Å²) in [5, 5.41) is 15.1. The normalized spacial score (nSPS) is 24.9. The van der Waals surface area contributed by atoms with Crippen molar-refractivity contribution in [2.24, 2.45) is 0 Å². The minimum Gasteiger partial charge on any atom is -0.462 e. The Morgan fingerprint density at radius 2 is 1.65 bits per heavy atom. The topological polar surface area (TPSA) is 193 Å². The van der Waals surface area contributed by atoms with Gasteiger partial charge in [-0.1, -0.05) is 0 Å². The van der Waals surface area contributed by atoms with E-state index in [1.807, 2.05) is 0 Å². The Morgan fingerprint density at radius 1 is 1.15 bits per heavy atom. The Balaban J connectivity index is 2.38. The fourth-order valence-corrected chi connectivity index (χ4v) is 5.40. The number of nitrogens with two attached hydrogens (primary N) is 1. The molecule has 0 aromatic carbocycles. The number of carbonyl (C=O) groups is 2. The molecule has 2 rings (SSSR count). The minimum atomic E-state index is -4.66. The molecular formula is C22H35F3N5O9P. The number of alkyl halides is 3. The lowest BCUT2D eigenvalue weighted by Gasteiger charge is -2.33. The maximum absolute atomic E-state index is 15.1. The van der Waals surface area contributed by atoms with Gasteiger partial charge in [0, 0.05) is 6.20 Å². The molecule has 5 N–H and O–H groups in total. The number of esters is 2. The lowest BCUT2D eigenvalue weighted by Crippen LogP contribution is -2.53. The van der Waals surface area contributed by atoms with Crippen LogP contribution in [0.2, 0.25) is 0 Å². The first-order valence-corrected chi connectivity index (χ1v) is 13.9. The van der Waals surface area contributed by atoms with Gasteiger partial charge in [-0.25, -0.2) is 28.1 Å². The number of ether oxygens (including phenoxy) is 3. The molecule has 0 bridgehead atoms. The molecule has 1 aliphatic heterocycles. The molecule has 0 amide bonds. The second-order valence-corrected chi connectivity index (χ2v) is 11.6. The van der Waals surface area contributed by atoms with Gasteiger partial charge in [-0.2, -0.15) is 4.98 Å². The number of hydrogen-bond acceptors (Lipinski definition) is 11. The first-order chi connectivity index (χ1) is 18.4. The number of halogens is 3. The third-order valence-corrected chi connectivity index (χ3v) is 7.47. The second-order valence-electron chi connectivity index (χ2n) is 9.69. The molecule has 14 nitrogen and oxygen atoms in total. The van der Waals surface area contributed by atoms with Crippen LogP contribution in [0.15, 0.2) is 17.1 Å².